The van der Waals surface area contributed by atoms with Gasteiger partial charge in [-0.15, -0.1) is 0 Å². The van der Waals surface area contributed by atoms with E-state index < -0.39 is 15.3 Å². The Morgan fingerprint density at radius 3 is 2.06 bits per heavy atom. The Balaban J connectivity index is 2.13. The van der Waals surface area contributed by atoms with Gasteiger partial charge in [-0.2, -0.15) is 0 Å². The number of rotatable bonds is 6. The molecule has 4 rings (SSSR count). The molecule has 1 unspecified atom stereocenters. The zero-order chi connectivity index (χ0) is 25.5. The van der Waals surface area contributed by atoms with Crippen LogP contribution in [0.25, 0.3) is 21.8 Å². The molecular formula is C28H32BrNO4Si. The van der Waals surface area contributed by atoms with Crippen LogP contribution in [0.3, 0.4) is 0 Å². The largest absolute Gasteiger partial charge is 0.496 e. The van der Waals surface area contributed by atoms with Crippen molar-refractivity contribution in [3.8, 4) is 11.5 Å². The van der Waals surface area contributed by atoms with Crippen molar-refractivity contribution < 1.29 is 13.9 Å². The number of halogens is 1. The molecule has 0 amide bonds. The first-order valence-corrected chi connectivity index (χ1v) is 15.3. The van der Waals surface area contributed by atoms with Gasteiger partial charge in [0.05, 0.1) is 25.3 Å². The second-order valence-corrected chi connectivity index (χ2v) is 13.3. The highest BCUT2D eigenvalue weighted by molar-refractivity contribution is 9.10. The standard InChI is InChI=1S/C28H32BrNO4Si/c1-28(2,3)25-23(32-4)14-17(15-24(25)33-5)27(34-35(6)7)30-21-11-9-8-10-19(21)26(31)20-13-12-18(29)16-22(20)30/h8-16,27,35H,1-7H3. The van der Waals surface area contributed by atoms with Crippen molar-refractivity contribution in [2.24, 2.45) is 0 Å². The summed E-state index contributed by atoms with van der Waals surface area (Å²) < 4.78 is 21.5. The summed E-state index contributed by atoms with van der Waals surface area (Å²) in [6.07, 6.45) is -0.471. The minimum atomic E-state index is -1.54. The molecule has 0 saturated heterocycles. The first-order chi connectivity index (χ1) is 16.6. The van der Waals surface area contributed by atoms with Crippen LogP contribution in [0.4, 0.5) is 0 Å². The number of ether oxygens (including phenoxy) is 2. The van der Waals surface area contributed by atoms with Gasteiger partial charge in [0, 0.05) is 26.4 Å². The Labute approximate surface area is 216 Å². The third kappa shape index (κ3) is 4.77. The van der Waals surface area contributed by atoms with Gasteiger partial charge in [-0.25, -0.2) is 0 Å². The van der Waals surface area contributed by atoms with E-state index in [1.54, 1.807) is 14.2 Å². The maximum absolute atomic E-state index is 13.4. The van der Waals surface area contributed by atoms with Gasteiger partial charge in [-0.1, -0.05) is 48.8 Å². The molecule has 1 aromatic heterocycles. The van der Waals surface area contributed by atoms with Gasteiger partial charge in [0.1, 0.15) is 11.5 Å². The number of pyridine rings is 1. The summed E-state index contributed by atoms with van der Waals surface area (Å²) in [6, 6.07) is 17.6. The summed E-state index contributed by atoms with van der Waals surface area (Å²) in [4.78, 5) is 13.4. The molecule has 0 saturated carbocycles. The van der Waals surface area contributed by atoms with Crippen molar-refractivity contribution in [1.29, 1.82) is 0 Å². The third-order valence-electron chi connectivity index (χ3n) is 6.07. The molecule has 0 aliphatic carbocycles. The zero-order valence-electron chi connectivity index (χ0n) is 21.3. The maximum atomic E-state index is 13.4. The number of fused-ring (bicyclic) bond motifs is 2. The lowest BCUT2D eigenvalue weighted by molar-refractivity contribution is 0.184. The predicted octanol–water partition coefficient (Wildman–Crippen LogP) is 6.78. The Hall–Kier alpha value is -2.61. The summed E-state index contributed by atoms with van der Waals surface area (Å²) in [6.45, 7) is 10.7. The number of benzene rings is 3. The first-order valence-electron chi connectivity index (χ1n) is 11.7. The lowest BCUT2D eigenvalue weighted by atomic mass is 9.84. The third-order valence-corrected chi connectivity index (χ3v) is 7.37. The van der Waals surface area contributed by atoms with Gasteiger partial charge in [0.25, 0.3) is 0 Å². The quantitative estimate of drug-likeness (QED) is 0.195. The maximum Gasteiger partial charge on any atom is 0.197 e. The Kier molecular flexibility index (Phi) is 7.13. The molecule has 7 heteroatoms. The van der Waals surface area contributed by atoms with E-state index in [4.69, 9.17) is 13.9 Å². The Morgan fingerprint density at radius 2 is 1.49 bits per heavy atom. The van der Waals surface area contributed by atoms with Gasteiger partial charge in [-0.05, 0) is 61.0 Å². The van der Waals surface area contributed by atoms with Gasteiger partial charge in [-0.3, -0.25) is 4.79 Å². The minimum absolute atomic E-state index is 0.0122. The van der Waals surface area contributed by atoms with Crippen molar-refractivity contribution in [1.82, 2.24) is 4.57 Å². The molecule has 184 valence electrons. The second kappa shape index (κ2) is 9.80. The highest BCUT2D eigenvalue weighted by Crippen LogP contribution is 2.42. The van der Waals surface area contributed by atoms with E-state index in [0.717, 1.165) is 38.1 Å². The van der Waals surface area contributed by atoms with Gasteiger partial charge in [0.15, 0.2) is 20.7 Å². The second-order valence-electron chi connectivity index (χ2n) is 9.97. The number of methoxy groups -OCH3 is 2. The van der Waals surface area contributed by atoms with Crippen molar-refractivity contribution in [2.45, 2.75) is 45.5 Å². The average Bonchev–Trinajstić information content (AvgIpc) is 2.81. The summed E-state index contributed by atoms with van der Waals surface area (Å²) in [5, 5.41) is 1.31. The number of aromatic nitrogens is 1. The first kappa shape index (κ1) is 25.5. The van der Waals surface area contributed by atoms with Crippen LogP contribution >= 0.6 is 15.9 Å². The molecule has 0 N–H and O–H groups in total. The summed E-state index contributed by atoms with van der Waals surface area (Å²) in [5.41, 5.74) is 3.37. The van der Waals surface area contributed by atoms with Crippen molar-refractivity contribution in [3.05, 3.63) is 80.4 Å². The van der Waals surface area contributed by atoms with Crippen LogP contribution in [0, 0.1) is 0 Å². The van der Waals surface area contributed by atoms with E-state index >= 15 is 0 Å². The topological polar surface area (TPSA) is 49.7 Å². The smallest absolute Gasteiger partial charge is 0.197 e. The SMILES string of the molecule is COc1cc(C(O[SiH](C)C)n2c3ccccc3c(=O)c3ccc(Br)cc32)cc(OC)c1C(C)(C)C. The zero-order valence-corrected chi connectivity index (χ0v) is 24.0. The molecule has 0 spiro atoms. The fraction of sp³-hybridized carbons (Fsp3) is 0.321. The number of para-hydroxylation sites is 1. The molecule has 5 nitrogen and oxygen atoms in total. The van der Waals surface area contributed by atoms with Gasteiger partial charge >= 0.3 is 0 Å². The van der Waals surface area contributed by atoms with Crippen LogP contribution in [0.2, 0.25) is 13.1 Å². The van der Waals surface area contributed by atoms with E-state index in [1.165, 1.54) is 0 Å². The molecule has 0 aliphatic heterocycles. The summed E-state index contributed by atoms with van der Waals surface area (Å²) in [7, 11) is 1.82. The molecular weight excluding hydrogens is 522 g/mol. The lowest BCUT2D eigenvalue weighted by Gasteiger charge is -2.30. The average molecular weight is 555 g/mol. The van der Waals surface area contributed by atoms with Crippen LogP contribution < -0.4 is 14.9 Å². The van der Waals surface area contributed by atoms with Gasteiger partial charge < -0.3 is 18.5 Å². The molecule has 0 bridgehead atoms. The molecule has 3 aromatic carbocycles. The minimum Gasteiger partial charge on any atom is -0.496 e. The van der Waals surface area contributed by atoms with E-state index in [0.29, 0.717) is 10.8 Å². The van der Waals surface area contributed by atoms with Crippen LogP contribution in [0.1, 0.15) is 38.1 Å². The predicted molar refractivity (Wildman–Crippen MR) is 150 cm³/mol. The van der Waals surface area contributed by atoms with Crippen molar-refractivity contribution in [2.75, 3.05) is 14.2 Å². The number of hydrogen-bond donors (Lipinski definition) is 0. The molecule has 35 heavy (non-hydrogen) atoms. The highest BCUT2D eigenvalue weighted by atomic mass is 79.9. The summed E-state index contributed by atoms with van der Waals surface area (Å²) in [5.74, 6) is 1.50. The molecule has 1 atom stereocenters. The summed E-state index contributed by atoms with van der Waals surface area (Å²) >= 11 is 3.60. The molecule has 4 aromatic rings. The van der Waals surface area contributed by atoms with Crippen molar-refractivity contribution in [3.63, 3.8) is 0 Å². The van der Waals surface area contributed by atoms with Gasteiger partial charge in [0.2, 0.25) is 0 Å². The monoisotopic (exact) mass is 553 g/mol. The van der Waals surface area contributed by atoms with E-state index in [9.17, 15) is 4.79 Å². The fourth-order valence-corrected chi connectivity index (χ4v) is 5.80. The Bertz CT molecular complexity index is 1430. The molecule has 0 fully saturated rings. The van der Waals surface area contributed by atoms with Crippen LogP contribution in [0.5, 0.6) is 11.5 Å². The fourth-order valence-electron chi connectivity index (χ4n) is 4.66. The van der Waals surface area contributed by atoms with Crippen LogP contribution in [-0.2, 0) is 9.84 Å². The van der Waals surface area contributed by atoms with Crippen LogP contribution in [0.15, 0.2) is 63.9 Å². The lowest BCUT2D eigenvalue weighted by Crippen LogP contribution is -2.24. The van der Waals surface area contributed by atoms with Crippen molar-refractivity contribution >= 4 is 46.8 Å². The molecule has 0 radical (unpaired) electrons. The highest BCUT2D eigenvalue weighted by Gasteiger charge is 2.28. The Morgan fingerprint density at radius 1 is 0.886 bits per heavy atom. The normalized spacial score (nSPS) is 12.9. The van der Waals surface area contributed by atoms with E-state index in [1.807, 2.05) is 54.6 Å². The van der Waals surface area contributed by atoms with E-state index in [-0.39, 0.29) is 10.8 Å². The molecule has 1 heterocycles. The van der Waals surface area contributed by atoms with Crippen LogP contribution in [-0.4, -0.2) is 27.8 Å². The number of nitrogens with zero attached hydrogens (tertiary/aromatic N) is 1. The van der Waals surface area contributed by atoms with E-state index in [2.05, 4.69) is 54.4 Å². The number of hydrogen-bond acceptors (Lipinski definition) is 4. The molecule has 0 aliphatic rings.